The summed E-state index contributed by atoms with van der Waals surface area (Å²) in [5.74, 6) is 1.44. The van der Waals surface area contributed by atoms with E-state index in [9.17, 15) is 18.3 Å². The van der Waals surface area contributed by atoms with Crippen molar-refractivity contribution in [3.05, 3.63) is 35.4 Å². The molecule has 21 heavy (non-hydrogen) atoms. The molecule has 0 radical (unpaired) electrons. The first-order valence-electron chi connectivity index (χ1n) is 7.61. The van der Waals surface area contributed by atoms with Gasteiger partial charge in [0.1, 0.15) is 0 Å². The third-order valence-electron chi connectivity index (χ3n) is 4.88. The molecular weight excluding hydrogens is 277 g/mol. The Bertz CT molecular complexity index is 469. The van der Waals surface area contributed by atoms with Crippen molar-refractivity contribution in [1.82, 2.24) is 0 Å². The molecule has 2 rings (SSSR count). The van der Waals surface area contributed by atoms with Gasteiger partial charge in [-0.2, -0.15) is 13.2 Å². The van der Waals surface area contributed by atoms with Gasteiger partial charge in [-0.15, -0.1) is 0 Å². The maximum atomic E-state index is 12.7. The van der Waals surface area contributed by atoms with Crippen LogP contribution in [0.3, 0.4) is 0 Å². The highest BCUT2D eigenvalue weighted by atomic mass is 19.4. The first-order valence-corrected chi connectivity index (χ1v) is 7.61. The molecule has 1 fully saturated rings. The van der Waals surface area contributed by atoms with E-state index in [0.29, 0.717) is 23.8 Å². The van der Waals surface area contributed by atoms with Crippen LogP contribution in [0.15, 0.2) is 24.3 Å². The molecule has 1 nitrogen and oxygen atoms in total. The average molecular weight is 300 g/mol. The zero-order chi connectivity index (χ0) is 15.6. The summed E-state index contributed by atoms with van der Waals surface area (Å²) < 4.78 is 38.1. The molecule has 0 spiro atoms. The second-order valence-corrected chi connectivity index (χ2v) is 6.50. The summed E-state index contributed by atoms with van der Waals surface area (Å²) in [5, 5.41) is 10.3. The summed E-state index contributed by atoms with van der Waals surface area (Å²) in [4.78, 5) is 0. The smallest absolute Gasteiger partial charge is 0.392 e. The molecule has 1 aromatic carbocycles. The minimum Gasteiger partial charge on any atom is -0.392 e. The number of alkyl halides is 3. The Labute approximate surface area is 124 Å². The summed E-state index contributed by atoms with van der Waals surface area (Å²) in [5.41, 5.74) is -0.0820. The van der Waals surface area contributed by atoms with Crippen molar-refractivity contribution < 1.29 is 18.3 Å². The van der Waals surface area contributed by atoms with Gasteiger partial charge in [0.15, 0.2) is 0 Å². The van der Waals surface area contributed by atoms with Crippen LogP contribution in [0.2, 0.25) is 0 Å². The number of rotatable bonds is 3. The molecule has 0 bridgehead atoms. The number of halogens is 3. The Hall–Kier alpha value is -1.03. The van der Waals surface area contributed by atoms with Crippen molar-refractivity contribution in [2.75, 3.05) is 0 Å². The van der Waals surface area contributed by atoms with Gasteiger partial charge in [0.05, 0.1) is 11.7 Å². The van der Waals surface area contributed by atoms with Crippen molar-refractivity contribution in [2.45, 2.75) is 51.8 Å². The maximum absolute atomic E-state index is 12.7. The van der Waals surface area contributed by atoms with E-state index in [1.165, 1.54) is 6.07 Å². The van der Waals surface area contributed by atoms with Crippen LogP contribution in [0, 0.1) is 17.8 Å². The third-order valence-corrected chi connectivity index (χ3v) is 4.88. The highest BCUT2D eigenvalue weighted by molar-refractivity contribution is 5.26. The quantitative estimate of drug-likeness (QED) is 0.859. The predicted molar refractivity (Wildman–Crippen MR) is 76.8 cm³/mol. The third kappa shape index (κ3) is 4.22. The first kappa shape index (κ1) is 16.3. The van der Waals surface area contributed by atoms with Gasteiger partial charge in [-0.05, 0) is 48.6 Å². The fourth-order valence-electron chi connectivity index (χ4n) is 3.22. The van der Waals surface area contributed by atoms with Gasteiger partial charge in [0.25, 0.3) is 0 Å². The summed E-state index contributed by atoms with van der Waals surface area (Å²) >= 11 is 0. The van der Waals surface area contributed by atoms with E-state index in [2.05, 4.69) is 13.8 Å². The van der Waals surface area contributed by atoms with Gasteiger partial charge in [-0.25, -0.2) is 0 Å². The molecule has 1 aliphatic rings. The molecule has 4 heteroatoms. The van der Waals surface area contributed by atoms with Crippen LogP contribution in [0.25, 0.3) is 0 Å². The Balaban J connectivity index is 2.01. The molecule has 1 saturated carbocycles. The molecule has 1 aromatic rings. The molecule has 4 unspecified atom stereocenters. The van der Waals surface area contributed by atoms with Gasteiger partial charge in [0.2, 0.25) is 0 Å². The molecule has 4 atom stereocenters. The van der Waals surface area contributed by atoms with Crippen LogP contribution >= 0.6 is 0 Å². The molecule has 1 aliphatic carbocycles. The lowest BCUT2D eigenvalue weighted by Crippen LogP contribution is -2.30. The standard InChI is InChI=1S/C17H23F3O/c1-11-6-7-14(8-12(11)2)16(21)10-13-4-3-5-15(9-13)17(18,19)20/h3-5,9,11-12,14,16,21H,6-8,10H2,1-2H3. The molecule has 0 aliphatic heterocycles. The lowest BCUT2D eigenvalue weighted by molar-refractivity contribution is -0.137. The Morgan fingerprint density at radius 3 is 2.52 bits per heavy atom. The van der Waals surface area contributed by atoms with Crippen molar-refractivity contribution in [2.24, 2.45) is 17.8 Å². The van der Waals surface area contributed by atoms with E-state index in [1.54, 1.807) is 6.07 Å². The normalized spacial score (nSPS) is 28.4. The minimum absolute atomic E-state index is 0.200. The largest absolute Gasteiger partial charge is 0.416 e. The monoisotopic (exact) mass is 300 g/mol. The Kier molecular flexibility index (Phi) is 4.97. The van der Waals surface area contributed by atoms with Crippen LogP contribution in [0.1, 0.15) is 44.2 Å². The second-order valence-electron chi connectivity index (χ2n) is 6.50. The van der Waals surface area contributed by atoms with E-state index in [-0.39, 0.29) is 5.92 Å². The lowest BCUT2D eigenvalue weighted by atomic mass is 9.73. The van der Waals surface area contributed by atoms with E-state index < -0.39 is 17.8 Å². The first-order chi connectivity index (χ1) is 9.77. The predicted octanol–water partition coefficient (Wildman–Crippen LogP) is 4.68. The highest BCUT2D eigenvalue weighted by Crippen LogP contribution is 2.36. The number of aliphatic hydroxyl groups excluding tert-OH is 1. The van der Waals surface area contributed by atoms with Crippen molar-refractivity contribution >= 4 is 0 Å². The van der Waals surface area contributed by atoms with Crippen LogP contribution < -0.4 is 0 Å². The van der Waals surface area contributed by atoms with E-state index >= 15 is 0 Å². The van der Waals surface area contributed by atoms with Gasteiger partial charge < -0.3 is 5.11 Å². The van der Waals surface area contributed by atoms with Gasteiger partial charge in [-0.3, -0.25) is 0 Å². The average Bonchev–Trinajstić information content (AvgIpc) is 2.41. The molecule has 0 amide bonds. The highest BCUT2D eigenvalue weighted by Gasteiger charge is 2.32. The van der Waals surface area contributed by atoms with Crippen LogP contribution in [0.4, 0.5) is 13.2 Å². The molecular formula is C17H23F3O. The molecule has 0 aromatic heterocycles. The zero-order valence-electron chi connectivity index (χ0n) is 12.5. The summed E-state index contributed by atoms with van der Waals surface area (Å²) in [7, 11) is 0. The van der Waals surface area contributed by atoms with Crippen LogP contribution in [0.5, 0.6) is 0 Å². The maximum Gasteiger partial charge on any atom is 0.416 e. The topological polar surface area (TPSA) is 20.2 Å². The molecule has 0 saturated heterocycles. The van der Waals surface area contributed by atoms with Gasteiger partial charge >= 0.3 is 6.18 Å². The Morgan fingerprint density at radius 2 is 1.90 bits per heavy atom. The van der Waals surface area contributed by atoms with Gasteiger partial charge in [-0.1, -0.05) is 38.5 Å². The minimum atomic E-state index is -4.32. The summed E-state index contributed by atoms with van der Waals surface area (Å²) in [6, 6.07) is 5.29. The zero-order valence-corrected chi connectivity index (χ0v) is 12.5. The SMILES string of the molecule is CC1CCC(C(O)Cc2cccc(C(F)(F)F)c2)CC1C. The van der Waals surface area contributed by atoms with E-state index in [1.807, 2.05) is 0 Å². The van der Waals surface area contributed by atoms with Gasteiger partial charge in [0, 0.05) is 0 Å². The van der Waals surface area contributed by atoms with E-state index in [0.717, 1.165) is 31.4 Å². The van der Waals surface area contributed by atoms with Crippen molar-refractivity contribution in [3.8, 4) is 0 Å². The summed E-state index contributed by atoms with van der Waals surface area (Å²) in [6.45, 7) is 4.41. The number of benzene rings is 1. The van der Waals surface area contributed by atoms with Crippen LogP contribution in [-0.4, -0.2) is 11.2 Å². The Morgan fingerprint density at radius 1 is 1.19 bits per heavy atom. The fraction of sp³-hybridized carbons (Fsp3) is 0.647. The number of aliphatic hydroxyl groups is 1. The molecule has 1 N–H and O–H groups in total. The van der Waals surface area contributed by atoms with Crippen molar-refractivity contribution in [1.29, 1.82) is 0 Å². The van der Waals surface area contributed by atoms with Crippen LogP contribution in [-0.2, 0) is 12.6 Å². The van der Waals surface area contributed by atoms with E-state index in [4.69, 9.17) is 0 Å². The lowest BCUT2D eigenvalue weighted by Gasteiger charge is -2.34. The number of hydrogen-bond donors (Lipinski definition) is 1. The molecule has 118 valence electrons. The molecule has 0 heterocycles. The van der Waals surface area contributed by atoms with Crippen molar-refractivity contribution in [3.63, 3.8) is 0 Å². The fourth-order valence-corrected chi connectivity index (χ4v) is 3.22. The second kappa shape index (κ2) is 6.39. The summed E-state index contributed by atoms with van der Waals surface area (Å²) in [6.07, 6.45) is -1.56. The number of hydrogen-bond acceptors (Lipinski definition) is 1.